The minimum atomic E-state index is -0.679. The van der Waals surface area contributed by atoms with Crippen LogP contribution < -0.4 is 0 Å². The van der Waals surface area contributed by atoms with Crippen LogP contribution in [0.15, 0.2) is 23.8 Å². The van der Waals surface area contributed by atoms with Gasteiger partial charge in [-0.15, -0.1) is 0 Å². The third-order valence-electron chi connectivity index (χ3n) is 3.63. The Morgan fingerprint density at radius 1 is 1.53 bits per heavy atom. The number of hydrogen-bond donors (Lipinski definition) is 0. The number of allylic oxidation sites excluding steroid dienone is 3. The number of carbonyl (C=O) groups is 2. The average molecular weight is 234 g/mol. The van der Waals surface area contributed by atoms with E-state index in [1.807, 2.05) is 26.0 Å². The van der Waals surface area contributed by atoms with Gasteiger partial charge in [0.25, 0.3) is 0 Å². The Bertz CT molecular complexity index is 402. The van der Waals surface area contributed by atoms with Crippen LogP contribution in [0, 0.1) is 11.3 Å². The second-order valence-corrected chi connectivity index (χ2v) is 5.10. The van der Waals surface area contributed by atoms with Crippen molar-refractivity contribution >= 4 is 11.9 Å². The molecule has 2 atom stereocenters. The van der Waals surface area contributed by atoms with Crippen molar-refractivity contribution < 1.29 is 14.3 Å². The highest BCUT2D eigenvalue weighted by Gasteiger charge is 2.55. The number of esters is 2. The van der Waals surface area contributed by atoms with Gasteiger partial charge >= 0.3 is 11.9 Å². The molecule has 0 saturated carbocycles. The smallest absolute Gasteiger partial charge is 0.324 e. The lowest BCUT2D eigenvalue weighted by molar-refractivity contribution is -0.154. The zero-order valence-corrected chi connectivity index (χ0v) is 10.4. The molecule has 92 valence electrons. The Hall–Kier alpha value is -1.38. The van der Waals surface area contributed by atoms with E-state index < -0.39 is 5.41 Å². The minimum Gasteiger partial charge on any atom is -0.392 e. The monoisotopic (exact) mass is 234 g/mol. The van der Waals surface area contributed by atoms with Crippen LogP contribution in [0.25, 0.3) is 0 Å². The summed E-state index contributed by atoms with van der Waals surface area (Å²) in [6.07, 6.45) is 9.07. The van der Waals surface area contributed by atoms with Crippen LogP contribution in [0.5, 0.6) is 0 Å². The SMILES string of the molecule is CC(C)=CCCC12C=CCCC1C(=O)OC2=O. The molecule has 0 spiro atoms. The molecule has 0 bridgehead atoms. The third kappa shape index (κ3) is 2.06. The molecule has 3 heteroatoms. The molecule has 1 saturated heterocycles. The van der Waals surface area contributed by atoms with E-state index in [1.54, 1.807) is 0 Å². The fraction of sp³-hybridized carbons (Fsp3) is 0.571. The maximum Gasteiger partial charge on any atom is 0.324 e. The lowest BCUT2D eigenvalue weighted by atomic mass is 9.69. The summed E-state index contributed by atoms with van der Waals surface area (Å²) in [4.78, 5) is 23.5. The summed E-state index contributed by atoms with van der Waals surface area (Å²) < 4.78 is 4.82. The van der Waals surface area contributed by atoms with Crippen LogP contribution in [0.3, 0.4) is 0 Å². The van der Waals surface area contributed by atoms with Crippen LogP contribution in [-0.2, 0) is 14.3 Å². The fourth-order valence-electron chi connectivity index (χ4n) is 2.69. The highest BCUT2D eigenvalue weighted by molar-refractivity contribution is 6.00. The first-order valence-electron chi connectivity index (χ1n) is 6.13. The van der Waals surface area contributed by atoms with Gasteiger partial charge in [-0.3, -0.25) is 9.59 Å². The van der Waals surface area contributed by atoms with Crippen molar-refractivity contribution in [2.24, 2.45) is 11.3 Å². The predicted octanol–water partition coefficient (Wildman–Crippen LogP) is 2.77. The number of hydrogen-bond acceptors (Lipinski definition) is 3. The van der Waals surface area contributed by atoms with E-state index in [2.05, 4.69) is 6.08 Å². The Kier molecular flexibility index (Phi) is 3.18. The van der Waals surface area contributed by atoms with E-state index in [4.69, 9.17) is 4.74 Å². The van der Waals surface area contributed by atoms with Crippen molar-refractivity contribution in [2.45, 2.75) is 39.5 Å². The van der Waals surface area contributed by atoms with Crippen molar-refractivity contribution in [3.63, 3.8) is 0 Å². The summed E-state index contributed by atoms with van der Waals surface area (Å²) in [7, 11) is 0. The topological polar surface area (TPSA) is 43.4 Å². The average Bonchev–Trinajstić information content (AvgIpc) is 2.52. The number of ether oxygens (including phenoxy) is 1. The van der Waals surface area contributed by atoms with Crippen LogP contribution in [0.2, 0.25) is 0 Å². The molecule has 1 aliphatic heterocycles. The lowest BCUT2D eigenvalue weighted by Crippen LogP contribution is -2.33. The molecule has 2 rings (SSSR count). The normalized spacial score (nSPS) is 31.1. The van der Waals surface area contributed by atoms with E-state index in [9.17, 15) is 9.59 Å². The van der Waals surface area contributed by atoms with E-state index in [-0.39, 0.29) is 17.9 Å². The molecule has 0 N–H and O–H groups in total. The fourth-order valence-corrected chi connectivity index (χ4v) is 2.69. The minimum absolute atomic E-state index is 0.259. The van der Waals surface area contributed by atoms with Gasteiger partial charge < -0.3 is 4.74 Å². The molecule has 0 amide bonds. The van der Waals surface area contributed by atoms with Crippen molar-refractivity contribution in [1.82, 2.24) is 0 Å². The highest BCUT2D eigenvalue weighted by atomic mass is 16.6. The number of carbonyl (C=O) groups excluding carboxylic acids is 2. The molecule has 1 aliphatic carbocycles. The second-order valence-electron chi connectivity index (χ2n) is 5.10. The Morgan fingerprint density at radius 3 is 3.00 bits per heavy atom. The zero-order chi connectivity index (χ0) is 12.5. The molecule has 0 aromatic heterocycles. The molecule has 0 radical (unpaired) electrons. The first-order chi connectivity index (χ1) is 8.06. The molecular weight excluding hydrogens is 216 g/mol. The standard InChI is InChI=1S/C14H18O3/c1-10(2)6-5-9-14-8-4-3-7-11(14)12(15)17-13(14)16/h4,6,8,11H,3,5,7,9H2,1-2H3. The van der Waals surface area contributed by atoms with Gasteiger partial charge in [0.15, 0.2) is 0 Å². The molecule has 0 aromatic carbocycles. The van der Waals surface area contributed by atoms with Gasteiger partial charge in [-0.1, -0.05) is 23.8 Å². The highest BCUT2D eigenvalue weighted by Crippen LogP contribution is 2.47. The van der Waals surface area contributed by atoms with Crippen molar-refractivity contribution in [3.05, 3.63) is 23.8 Å². The van der Waals surface area contributed by atoms with Gasteiger partial charge in [-0.25, -0.2) is 0 Å². The van der Waals surface area contributed by atoms with E-state index >= 15 is 0 Å². The zero-order valence-electron chi connectivity index (χ0n) is 10.4. The molecule has 2 aliphatic rings. The molecular formula is C14H18O3. The quantitative estimate of drug-likeness (QED) is 0.428. The van der Waals surface area contributed by atoms with Crippen LogP contribution in [0.1, 0.15) is 39.5 Å². The molecule has 3 nitrogen and oxygen atoms in total. The maximum absolute atomic E-state index is 11.9. The first kappa shape index (κ1) is 12.1. The van der Waals surface area contributed by atoms with Gasteiger partial charge in [0.05, 0.1) is 5.92 Å². The van der Waals surface area contributed by atoms with Gasteiger partial charge in [-0.05, 0) is 39.5 Å². The largest absolute Gasteiger partial charge is 0.392 e. The summed E-state index contributed by atoms with van der Waals surface area (Å²) in [5, 5.41) is 0. The van der Waals surface area contributed by atoms with E-state index in [0.717, 1.165) is 19.3 Å². The molecule has 2 unspecified atom stereocenters. The second kappa shape index (κ2) is 4.47. The van der Waals surface area contributed by atoms with Crippen molar-refractivity contribution in [2.75, 3.05) is 0 Å². The van der Waals surface area contributed by atoms with Gasteiger partial charge in [0.1, 0.15) is 5.41 Å². The van der Waals surface area contributed by atoms with Crippen LogP contribution >= 0.6 is 0 Å². The van der Waals surface area contributed by atoms with Crippen molar-refractivity contribution in [3.8, 4) is 0 Å². The number of cyclic esters (lactones) is 2. The van der Waals surface area contributed by atoms with E-state index in [0.29, 0.717) is 6.42 Å². The molecule has 1 heterocycles. The first-order valence-corrected chi connectivity index (χ1v) is 6.13. The molecule has 0 aromatic rings. The number of fused-ring (bicyclic) bond motifs is 1. The van der Waals surface area contributed by atoms with Crippen LogP contribution in [-0.4, -0.2) is 11.9 Å². The number of rotatable bonds is 3. The molecule has 1 fully saturated rings. The third-order valence-corrected chi connectivity index (χ3v) is 3.63. The van der Waals surface area contributed by atoms with Crippen molar-refractivity contribution in [1.29, 1.82) is 0 Å². The Labute approximate surface area is 102 Å². The summed E-state index contributed by atoms with van der Waals surface area (Å²) in [5.41, 5.74) is 0.553. The van der Waals surface area contributed by atoms with Gasteiger partial charge in [0.2, 0.25) is 0 Å². The van der Waals surface area contributed by atoms with E-state index in [1.165, 1.54) is 5.57 Å². The summed E-state index contributed by atoms with van der Waals surface area (Å²) in [5.74, 6) is -0.951. The Balaban J connectivity index is 2.21. The lowest BCUT2D eigenvalue weighted by Gasteiger charge is -2.28. The van der Waals surface area contributed by atoms with Gasteiger partial charge in [0, 0.05) is 0 Å². The Morgan fingerprint density at radius 2 is 2.29 bits per heavy atom. The summed E-state index contributed by atoms with van der Waals surface area (Å²) >= 11 is 0. The summed E-state index contributed by atoms with van der Waals surface area (Å²) in [6, 6.07) is 0. The summed E-state index contributed by atoms with van der Waals surface area (Å²) in [6.45, 7) is 4.06. The van der Waals surface area contributed by atoms with Crippen LogP contribution in [0.4, 0.5) is 0 Å². The maximum atomic E-state index is 11.9. The predicted molar refractivity (Wildman–Crippen MR) is 64.1 cm³/mol. The van der Waals surface area contributed by atoms with Gasteiger partial charge in [-0.2, -0.15) is 0 Å². The molecule has 17 heavy (non-hydrogen) atoms.